The lowest BCUT2D eigenvalue weighted by molar-refractivity contribution is -0.393. The summed E-state index contributed by atoms with van der Waals surface area (Å²) in [4.78, 5) is 22.2. The van der Waals surface area contributed by atoms with E-state index >= 15 is 0 Å². The average molecular weight is 327 g/mol. The minimum absolute atomic E-state index is 0.0318. The van der Waals surface area contributed by atoms with Gasteiger partial charge in [0.1, 0.15) is 5.69 Å². The van der Waals surface area contributed by atoms with E-state index in [1.807, 2.05) is 6.92 Å². The zero-order chi connectivity index (χ0) is 17.8. The van der Waals surface area contributed by atoms with Gasteiger partial charge in [0.05, 0.1) is 27.6 Å². The van der Waals surface area contributed by atoms with Crippen molar-refractivity contribution in [2.75, 3.05) is 18.0 Å². The van der Waals surface area contributed by atoms with Crippen LogP contribution in [0, 0.1) is 20.2 Å². The van der Waals surface area contributed by atoms with Crippen LogP contribution in [0.2, 0.25) is 0 Å². The van der Waals surface area contributed by atoms with E-state index in [2.05, 4.69) is 0 Å². The molecule has 0 aromatic heterocycles. The Labute approximate surface area is 133 Å². The van der Waals surface area contributed by atoms with Gasteiger partial charge in [0, 0.05) is 19.2 Å². The molecule has 0 saturated heterocycles. The molecule has 0 aliphatic heterocycles. The van der Waals surface area contributed by atoms with Crippen molar-refractivity contribution in [3.8, 4) is 0 Å². The predicted octanol–water partition coefficient (Wildman–Crippen LogP) is 1.85. The lowest BCUT2D eigenvalue weighted by atomic mass is 10.0. The molecule has 128 valence electrons. The predicted molar refractivity (Wildman–Crippen MR) is 84.6 cm³/mol. The number of non-ortho nitro benzene ring substituents is 1. The summed E-state index contributed by atoms with van der Waals surface area (Å²) >= 11 is 0. The second-order valence-electron chi connectivity index (χ2n) is 5.80. The average Bonchev–Trinajstić information content (AvgIpc) is 2.44. The number of nitrogens with zero attached hydrogens (tertiary/aromatic N) is 3. The highest BCUT2D eigenvalue weighted by atomic mass is 16.6. The van der Waals surface area contributed by atoms with Crippen LogP contribution in [0.3, 0.4) is 0 Å². The monoisotopic (exact) mass is 327 g/mol. The van der Waals surface area contributed by atoms with Gasteiger partial charge in [-0.15, -0.1) is 0 Å². The van der Waals surface area contributed by atoms with Gasteiger partial charge < -0.3 is 15.1 Å². The van der Waals surface area contributed by atoms with Gasteiger partial charge in [-0.2, -0.15) is 0 Å². The Morgan fingerprint density at radius 3 is 2.30 bits per heavy atom. The van der Waals surface area contributed by atoms with Crippen molar-refractivity contribution >= 4 is 17.1 Å². The van der Waals surface area contributed by atoms with E-state index in [0.717, 1.165) is 6.07 Å². The molecule has 0 bridgehead atoms. The summed E-state index contributed by atoms with van der Waals surface area (Å²) in [5, 5.41) is 41.9. The van der Waals surface area contributed by atoms with Crippen LogP contribution < -0.4 is 4.90 Å². The Hall–Kier alpha value is -2.26. The van der Waals surface area contributed by atoms with Crippen LogP contribution in [0.15, 0.2) is 18.2 Å². The largest absolute Gasteiger partial charge is 0.388 e. The van der Waals surface area contributed by atoms with E-state index in [0.29, 0.717) is 13.0 Å². The maximum Gasteiger partial charge on any atom is 0.299 e. The van der Waals surface area contributed by atoms with Gasteiger partial charge in [0.15, 0.2) is 0 Å². The molecule has 1 rings (SSSR count). The third-order valence-electron chi connectivity index (χ3n) is 3.41. The maximum absolute atomic E-state index is 11.2. The van der Waals surface area contributed by atoms with Gasteiger partial charge in [-0.05, 0) is 26.3 Å². The summed E-state index contributed by atoms with van der Waals surface area (Å²) < 4.78 is 0. The van der Waals surface area contributed by atoms with Crippen molar-refractivity contribution in [2.45, 2.75) is 38.9 Å². The molecule has 1 unspecified atom stereocenters. The third kappa shape index (κ3) is 4.86. The molecule has 0 aliphatic carbocycles. The fourth-order valence-corrected chi connectivity index (χ4v) is 2.05. The number of aliphatic hydroxyl groups is 2. The molecule has 0 saturated carbocycles. The van der Waals surface area contributed by atoms with Crippen LogP contribution in [-0.4, -0.2) is 44.9 Å². The SMILES string of the molecule is CCCN(CC(O)C(C)(C)O)c1ccc([N+](=O)[O-])cc1[N+](=O)[O-]. The molecular weight excluding hydrogens is 306 g/mol. The number of nitro benzene ring substituents is 2. The number of rotatable bonds is 8. The number of hydrogen-bond donors (Lipinski definition) is 2. The van der Waals surface area contributed by atoms with Crippen LogP contribution in [0.5, 0.6) is 0 Å². The van der Waals surface area contributed by atoms with Crippen LogP contribution in [0.4, 0.5) is 17.1 Å². The van der Waals surface area contributed by atoms with Gasteiger partial charge in [-0.3, -0.25) is 20.2 Å². The molecule has 0 amide bonds. The van der Waals surface area contributed by atoms with Gasteiger partial charge in [0.2, 0.25) is 0 Å². The van der Waals surface area contributed by atoms with Crippen LogP contribution in [-0.2, 0) is 0 Å². The van der Waals surface area contributed by atoms with Crippen molar-refractivity contribution in [3.05, 3.63) is 38.4 Å². The number of benzene rings is 1. The Balaban J connectivity index is 3.25. The summed E-state index contributed by atoms with van der Waals surface area (Å²) in [7, 11) is 0. The topological polar surface area (TPSA) is 130 Å². The molecule has 0 heterocycles. The summed E-state index contributed by atoms with van der Waals surface area (Å²) in [5.41, 5.74) is -1.98. The van der Waals surface area contributed by atoms with Crippen molar-refractivity contribution in [1.29, 1.82) is 0 Å². The van der Waals surface area contributed by atoms with Crippen LogP contribution in [0.1, 0.15) is 27.2 Å². The van der Waals surface area contributed by atoms with Crippen LogP contribution in [0.25, 0.3) is 0 Å². The van der Waals surface area contributed by atoms with E-state index in [1.54, 1.807) is 4.90 Å². The van der Waals surface area contributed by atoms with E-state index in [9.17, 15) is 30.4 Å². The first-order valence-corrected chi connectivity index (χ1v) is 7.16. The summed E-state index contributed by atoms with van der Waals surface area (Å²) in [6, 6.07) is 3.37. The molecule has 1 atom stereocenters. The van der Waals surface area contributed by atoms with Gasteiger partial charge >= 0.3 is 0 Å². The zero-order valence-electron chi connectivity index (χ0n) is 13.3. The molecule has 1 aromatic carbocycles. The molecule has 0 radical (unpaired) electrons. The smallest absolute Gasteiger partial charge is 0.299 e. The molecule has 0 aliphatic rings. The van der Waals surface area contributed by atoms with Gasteiger partial charge in [-0.1, -0.05) is 6.92 Å². The quantitative estimate of drug-likeness (QED) is 0.550. The van der Waals surface area contributed by atoms with Crippen molar-refractivity contribution < 1.29 is 20.1 Å². The summed E-state index contributed by atoms with van der Waals surface area (Å²) in [6.45, 7) is 5.10. The van der Waals surface area contributed by atoms with Gasteiger partial charge in [-0.25, -0.2) is 0 Å². The molecule has 9 nitrogen and oxygen atoms in total. The number of hydrogen-bond acceptors (Lipinski definition) is 7. The Morgan fingerprint density at radius 1 is 1.26 bits per heavy atom. The highest BCUT2D eigenvalue weighted by Crippen LogP contribution is 2.32. The summed E-state index contributed by atoms with van der Waals surface area (Å²) in [5.74, 6) is 0. The number of aliphatic hydroxyl groups excluding tert-OH is 1. The Kier molecular flexibility index (Phi) is 5.99. The Bertz CT molecular complexity index is 584. The second-order valence-corrected chi connectivity index (χ2v) is 5.80. The van der Waals surface area contributed by atoms with Crippen LogP contribution >= 0.6 is 0 Å². The number of nitro groups is 2. The lowest BCUT2D eigenvalue weighted by Gasteiger charge is -2.31. The molecule has 0 spiro atoms. The van der Waals surface area contributed by atoms with E-state index in [-0.39, 0.29) is 17.9 Å². The highest BCUT2D eigenvalue weighted by molar-refractivity contribution is 5.67. The third-order valence-corrected chi connectivity index (χ3v) is 3.41. The normalized spacial score (nSPS) is 12.7. The molecule has 1 aromatic rings. The number of anilines is 1. The lowest BCUT2D eigenvalue weighted by Crippen LogP contribution is -2.45. The zero-order valence-corrected chi connectivity index (χ0v) is 13.3. The van der Waals surface area contributed by atoms with E-state index in [4.69, 9.17) is 0 Å². The molecular formula is C14H21N3O6. The first-order chi connectivity index (χ1) is 10.6. The van der Waals surface area contributed by atoms with Gasteiger partial charge in [0.25, 0.3) is 11.4 Å². The Morgan fingerprint density at radius 2 is 1.87 bits per heavy atom. The fourth-order valence-electron chi connectivity index (χ4n) is 2.05. The minimum Gasteiger partial charge on any atom is -0.388 e. The van der Waals surface area contributed by atoms with Crippen molar-refractivity contribution in [3.63, 3.8) is 0 Å². The van der Waals surface area contributed by atoms with E-state index < -0.39 is 27.2 Å². The van der Waals surface area contributed by atoms with Crippen molar-refractivity contribution in [2.24, 2.45) is 0 Å². The first-order valence-electron chi connectivity index (χ1n) is 7.16. The molecule has 9 heteroatoms. The summed E-state index contributed by atoms with van der Waals surface area (Å²) in [6.07, 6.45) is -0.490. The second kappa shape index (κ2) is 7.34. The maximum atomic E-state index is 11.2. The van der Waals surface area contributed by atoms with Crippen molar-refractivity contribution in [1.82, 2.24) is 0 Å². The fraction of sp³-hybridized carbons (Fsp3) is 0.571. The van der Waals surface area contributed by atoms with E-state index in [1.165, 1.54) is 26.0 Å². The molecule has 2 N–H and O–H groups in total. The molecule has 23 heavy (non-hydrogen) atoms. The highest BCUT2D eigenvalue weighted by Gasteiger charge is 2.29. The molecule has 0 fully saturated rings. The standard InChI is InChI=1S/C14H21N3O6/c1-4-7-15(9-13(18)14(2,3)19)11-6-5-10(16(20)21)8-12(11)17(22)23/h5-6,8,13,18-19H,4,7,9H2,1-3H3. The first kappa shape index (κ1) is 18.8. The minimum atomic E-state index is -1.37.